The van der Waals surface area contributed by atoms with Crippen LogP contribution in [-0.4, -0.2) is 27.2 Å². The fraction of sp³-hybridized carbons (Fsp3) is 0.412. The quantitative estimate of drug-likeness (QED) is 0.783. The van der Waals surface area contributed by atoms with Crippen LogP contribution in [0.5, 0.6) is 0 Å². The Labute approximate surface area is 143 Å². The Kier molecular flexibility index (Phi) is 5.08. The number of rotatable bonds is 4. The maximum atomic E-state index is 13.2. The van der Waals surface area contributed by atoms with Gasteiger partial charge in [0.2, 0.25) is 5.95 Å². The van der Waals surface area contributed by atoms with Gasteiger partial charge in [-0.1, -0.05) is 12.1 Å². The lowest BCUT2D eigenvalue weighted by atomic mass is 9.93. The van der Waals surface area contributed by atoms with E-state index in [-0.39, 0.29) is 23.9 Å². The van der Waals surface area contributed by atoms with Crippen molar-refractivity contribution in [3.8, 4) is 0 Å². The summed E-state index contributed by atoms with van der Waals surface area (Å²) in [6.07, 6.45) is -1.82. The third kappa shape index (κ3) is 4.60. The highest BCUT2D eigenvalue weighted by Gasteiger charge is 2.36. The highest BCUT2D eigenvalue weighted by molar-refractivity contribution is 5.56. The molecule has 8 heteroatoms. The van der Waals surface area contributed by atoms with Gasteiger partial charge in [-0.15, -0.1) is 0 Å². The van der Waals surface area contributed by atoms with Crippen LogP contribution in [0.3, 0.4) is 0 Å². The Bertz CT molecular complexity index is 701. The van der Waals surface area contributed by atoms with E-state index in [1.165, 1.54) is 0 Å². The summed E-state index contributed by atoms with van der Waals surface area (Å²) in [5.74, 6) is -0.161. The van der Waals surface area contributed by atoms with Crippen LogP contribution in [-0.2, 0) is 6.18 Å². The van der Waals surface area contributed by atoms with Crippen molar-refractivity contribution in [1.82, 2.24) is 9.97 Å². The van der Waals surface area contributed by atoms with E-state index in [1.807, 2.05) is 0 Å². The number of nitrogens with zero attached hydrogens (tertiary/aromatic N) is 2. The molecule has 1 aromatic heterocycles. The summed E-state index contributed by atoms with van der Waals surface area (Å²) in [5.41, 5.74) is -0.240. The van der Waals surface area contributed by atoms with Crippen molar-refractivity contribution < 1.29 is 18.3 Å². The number of aliphatic hydroxyl groups is 1. The summed E-state index contributed by atoms with van der Waals surface area (Å²) in [4.78, 5) is 7.80. The molecule has 1 fully saturated rings. The first-order valence-corrected chi connectivity index (χ1v) is 8.04. The number of nitrogens with one attached hydrogen (secondary N) is 2. The van der Waals surface area contributed by atoms with Crippen LogP contribution in [0.2, 0.25) is 0 Å². The normalized spacial score (nSPS) is 21.0. The first kappa shape index (κ1) is 17.5. The molecule has 0 atom stereocenters. The lowest BCUT2D eigenvalue weighted by molar-refractivity contribution is -0.137. The van der Waals surface area contributed by atoms with Gasteiger partial charge in [-0.3, -0.25) is 0 Å². The van der Waals surface area contributed by atoms with Crippen LogP contribution in [0, 0.1) is 6.07 Å². The van der Waals surface area contributed by atoms with E-state index in [9.17, 15) is 18.3 Å². The van der Waals surface area contributed by atoms with Gasteiger partial charge in [0.25, 0.3) is 0 Å². The fourth-order valence-electron chi connectivity index (χ4n) is 2.77. The van der Waals surface area contributed by atoms with Gasteiger partial charge in [0.05, 0.1) is 6.10 Å². The van der Waals surface area contributed by atoms with Gasteiger partial charge < -0.3 is 15.7 Å². The topological polar surface area (TPSA) is 70.1 Å². The molecule has 2 aromatic rings. The predicted molar refractivity (Wildman–Crippen MR) is 87.5 cm³/mol. The zero-order valence-corrected chi connectivity index (χ0v) is 13.3. The Balaban J connectivity index is 1.83. The zero-order chi connectivity index (χ0) is 17.9. The molecule has 133 valence electrons. The summed E-state index contributed by atoms with van der Waals surface area (Å²) in [5, 5.41) is 15.3. The molecule has 0 bridgehead atoms. The standard InChI is InChI=1S/C17H18F3N4O/c18-17(19,20)14-10-21-16(23-11-4-2-1-3-5-11)24-15(14)22-12-6-8-13(25)9-7-12/h2-5,10,12-13,25H,6-9H2,(H2,21,22,23,24)/t12-,13+. The van der Waals surface area contributed by atoms with Crippen LogP contribution in [0.15, 0.2) is 30.5 Å². The highest BCUT2D eigenvalue weighted by Crippen LogP contribution is 2.35. The highest BCUT2D eigenvalue weighted by atomic mass is 19.4. The van der Waals surface area contributed by atoms with E-state index in [2.05, 4.69) is 26.7 Å². The Morgan fingerprint density at radius 3 is 2.44 bits per heavy atom. The van der Waals surface area contributed by atoms with E-state index in [1.54, 1.807) is 24.3 Å². The van der Waals surface area contributed by atoms with Gasteiger partial charge >= 0.3 is 6.18 Å². The molecule has 1 saturated carbocycles. The smallest absolute Gasteiger partial charge is 0.393 e. The molecule has 0 saturated heterocycles. The molecule has 1 heterocycles. The molecule has 3 N–H and O–H groups in total. The summed E-state index contributed by atoms with van der Waals surface area (Å²) in [6, 6.07) is 9.50. The maximum absolute atomic E-state index is 13.2. The molecule has 0 unspecified atom stereocenters. The Morgan fingerprint density at radius 2 is 1.80 bits per heavy atom. The lowest BCUT2D eigenvalue weighted by Gasteiger charge is -2.27. The third-order valence-corrected chi connectivity index (χ3v) is 4.11. The molecule has 3 rings (SSSR count). The van der Waals surface area contributed by atoms with Crippen molar-refractivity contribution in [2.45, 2.75) is 44.0 Å². The van der Waals surface area contributed by atoms with Crippen LogP contribution in [0.25, 0.3) is 0 Å². The summed E-state index contributed by atoms with van der Waals surface area (Å²) < 4.78 is 39.7. The fourth-order valence-corrected chi connectivity index (χ4v) is 2.77. The van der Waals surface area contributed by atoms with Crippen molar-refractivity contribution in [1.29, 1.82) is 0 Å². The van der Waals surface area contributed by atoms with Gasteiger partial charge in [-0.05, 0) is 43.9 Å². The number of benzene rings is 1. The second-order valence-electron chi connectivity index (χ2n) is 6.02. The van der Waals surface area contributed by atoms with Crippen LogP contribution in [0.1, 0.15) is 31.2 Å². The molecule has 1 radical (unpaired) electrons. The number of alkyl halides is 3. The van der Waals surface area contributed by atoms with Crippen LogP contribution in [0.4, 0.5) is 30.6 Å². The average Bonchev–Trinajstić information content (AvgIpc) is 2.57. The third-order valence-electron chi connectivity index (χ3n) is 4.11. The number of aromatic nitrogens is 2. The van der Waals surface area contributed by atoms with Gasteiger partial charge in [0.1, 0.15) is 11.4 Å². The Morgan fingerprint density at radius 1 is 1.12 bits per heavy atom. The lowest BCUT2D eigenvalue weighted by Crippen LogP contribution is -2.29. The molecule has 1 aliphatic carbocycles. The van der Waals surface area contributed by atoms with Crippen molar-refractivity contribution in [3.63, 3.8) is 0 Å². The minimum atomic E-state index is -4.54. The van der Waals surface area contributed by atoms with Crippen LogP contribution >= 0.6 is 0 Å². The van der Waals surface area contributed by atoms with Crippen molar-refractivity contribution >= 4 is 17.5 Å². The number of anilines is 3. The van der Waals surface area contributed by atoms with E-state index in [0.29, 0.717) is 31.4 Å². The zero-order valence-electron chi connectivity index (χ0n) is 13.3. The van der Waals surface area contributed by atoms with Gasteiger partial charge in [0, 0.05) is 17.9 Å². The molecule has 1 aromatic carbocycles. The number of hydrogen-bond acceptors (Lipinski definition) is 5. The first-order valence-electron chi connectivity index (χ1n) is 8.04. The number of hydrogen-bond donors (Lipinski definition) is 3. The molecule has 0 spiro atoms. The predicted octanol–water partition coefficient (Wildman–Crippen LogP) is 3.75. The van der Waals surface area contributed by atoms with E-state index >= 15 is 0 Å². The average molecular weight is 351 g/mol. The summed E-state index contributed by atoms with van der Waals surface area (Å²) in [7, 11) is 0. The SMILES string of the molecule is O[C@H]1CC[C@@H](Nc2nc(Nc3cc[c]cc3)ncc2C(F)(F)F)CC1. The van der Waals surface area contributed by atoms with Crippen molar-refractivity contribution in [2.75, 3.05) is 10.6 Å². The van der Waals surface area contributed by atoms with E-state index in [4.69, 9.17) is 0 Å². The van der Waals surface area contributed by atoms with Gasteiger partial charge in [-0.2, -0.15) is 18.2 Å². The second kappa shape index (κ2) is 7.26. The molecular formula is C17H18F3N4O. The van der Waals surface area contributed by atoms with Gasteiger partial charge in [0.15, 0.2) is 0 Å². The van der Waals surface area contributed by atoms with E-state index < -0.39 is 11.7 Å². The van der Waals surface area contributed by atoms with Crippen molar-refractivity contribution in [3.05, 3.63) is 42.1 Å². The monoisotopic (exact) mass is 351 g/mol. The van der Waals surface area contributed by atoms with E-state index in [0.717, 1.165) is 6.20 Å². The summed E-state index contributed by atoms with van der Waals surface area (Å²) >= 11 is 0. The summed E-state index contributed by atoms with van der Waals surface area (Å²) in [6.45, 7) is 0. The first-order chi connectivity index (χ1) is 11.9. The maximum Gasteiger partial charge on any atom is 0.421 e. The van der Waals surface area contributed by atoms with Crippen molar-refractivity contribution in [2.24, 2.45) is 0 Å². The Hall–Kier alpha value is -2.35. The molecule has 5 nitrogen and oxygen atoms in total. The van der Waals surface area contributed by atoms with Gasteiger partial charge in [-0.25, -0.2) is 4.98 Å². The number of aliphatic hydroxyl groups excluding tert-OH is 1. The molecule has 25 heavy (non-hydrogen) atoms. The number of halogens is 3. The van der Waals surface area contributed by atoms with Crippen LogP contribution < -0.4 is 10.6 Å². The molecular weight excluding hydrogens is 333 g/mol. The molecule has 1 aliphatic rings. The largest absolute Gasteiger partial charge is 0.421 e. The second-order valence-corrected chi connectivity index (χ2v) is 6.02. The molecule has 0 amide bonds. The minimum Gasteiger partial charge on any atom is -0.393 e. The molecule has 0 aliphatic heterocycles. The minimum absolute atomic E-state index is 0.0811.